The number of benzene rings is 1. The molecule has 1 N–H and O–H groups in total. The van der Waals surface area contributed by atoms with Gasteiger partial charge < -0.3 is 5.11 Å². The van der Waals surface area contributed by atoms with E-state index >= 15 is 0 Å². The number of hydrogen-bond acceptors (Lipinski definition) is 4. The molecule has 1 aliphatic rings. The van der Waals surface area contributed by atoms with Gasteiger partial charge in [-0.05, 0) is 36.7 Å². The molecule has 25 heavy (non-hydrogen) atoms. The molecule has 3 unspecified atom stereocenters. The van der Waals surface area contributed by atoms with Crippen LogP contribution in [0, 0.1) is 11.8 Å². The van der Waals surface area contributed by atoms with Crippen molar-refractivity contribution in [3.8, 4) is 0 Å². The second kappa shape index (κ2) is 7.74. The van der Waals surface area contributed by atoms with Crippen molar-refractivity contribution in [2.24, 2.45) is 11.8 Å². The first-order valence-electron chi connectivity index (χ1n) is 7.86. The summed E-state index contributed by atoms with van der Waals surface area (Å²) in [6.45, 7) is 0. The van der Waals surface area contributed by atoms with E-state index in [0.717, 1.165) is 12.0 Å². The van der Waals surface area contributed by atoms with Crippen LogP contribution in [-0.2, 0) is 25.5 Å². The van der Waals surface area contributed by atoms with Gasteiger partial charge in [0.15, 0.2) is 6.10 Å². The summed E-state index contributed by atoms with van der Waals surface area (Å²) in [4.78, 5) is 11.3. The fraction of sp³-hybridized carbons (Fsp3) is 0.562. The molecule has 1 aromatic rings. The van der Waals surface area contributed by atoms with Crippen molar-refractivity contribution in [1.29, 1.82) is 0 Å². The molecule has 0 amide bonds. The summed E-state index contributed by atoms with van der Waals surface area (Å²) in [5.74, 6) is -2.41. The molecule has 0 aliphatic heterocycles. The number of halogens is 3. The van der Waals surface area contributed by atoms with E-state index in [4.69, 9.17) is 0 Å². The van der Waals surface area contributed by atoms with Gasteiger partial charge in [-0.2, -0.15) is 21.6 Å². The summed E-state index contributed by atoms with van der Waals surface area (Å²) in [7, 11) is -5.95. The Kier molecular flexibility index (Phi) is 6.10. The maximum absolute atomic E-state index is 12.5. The van der Waals surface area contributed by atoms with Crippen LogP contribution in [0.1, 0.15) is 31.2 Å². The van der Waals surface area contributed by atoms with E-state index in [1.807, 2.05) is 30.3 Å². The molecule has 0 bridgehead atoms. The number of carbonyl (C=O) groups is 1. The van der Waals surface area contributed by atoms with Crippen LogP contribution < -0.4 is 0 Å². The lowest BCUT2D eigenvalue weighted by Gasteiger charge is -2.32. The Morgan fingerprint density at radius 1 is 1.24 bits per heavy atom. The van der Waals surface area contributed by atoms with Gasteiger partial charge in [-0.25, -0.2) is 8.98 Å². The number of aliphatic carboxylic acids is 1. The van der Waals surface area contributed by atoms with Gasteiger partial charge in [0.25, 0.3) is 0 Å². The maximum Gasteiger partial charge on any atom is 0.523 e. The standard InChI is InChI=1S/C16H19F3O5S/c17-16(18,19)25(22,23)24-14(15(20)21)13-8-4-7-12(10-13)9-11-5-2-1-3-6-11/h1-3,5-6,12-14H,4,7-10H2,(H,20,21). The van der Waals surface area contributed by atoms with Crippen LogP contribution in [-0.4, -0.2) is 31.1 Å². The van der Waals surface area contributed by atoms with Crippen molar-refractivity contribution in [3.05, 3.63) is 35.9 Å². The Morgan fingerprint density at radius 2 is 1.88 bits per heavy atom. The first-order valence-corrected chi connectivity index (χ1v) is 9.27. The van der Waals surface area contributed by atoms with E-state index in [0.29, 0.717) is 25.7 Å². The van der Waals surface area contributed by atoms with Gasteiger partial charge in [-0.1, -0.05) is 43.2 Å². The van der Waals surface area contributed by atoms with Gasteiger partial charge >= 0.3 is 21.6 Å². The molecule has 5 nitrogen and oxygen atoms in total. The number of alkyl halides is 3. The highest BCUT2D eigenvalue weighted by Crippen LogP contribution is 2.36. The molecule has 0 aromatic heterocycles. The van der Waals surface area contributed by atoms with E-state index in [9.17, 15) is 31.5 Å². The van der Waals surface area contributed by atoms with Crippen molar-refractivity contribution < 1.29 is 35.7 Å². The number of hydrogen-bond donors (Lipinski definition) is 1. The normalized spacial score (nSPS) is 23.2. The predicted molar refractivity (Wildman–Crippen MR) is 83.1 cm³/mol. The van der Waals surface area contributed by atoms with Crippen molar-refractivity contribution in [2.75, 3.05) is 0 Å². The predicted octanol–water partition coefficient (Wildman–Crippen LogP) is 3.35. The van der Waals surface area contributed by atoms with Gasteiger partial charge in [-0.3, -0.25) is 0 Å². The summed E-state index contributed by atoms with van der Waals surface area (Å²) in [5, 5.41) is 9.17. The third kappa shape index (κ3) is 5.18. The van der Waals surface area contributed by atoms with Gasteiger partial charge in [0.1, 0.15) is 0 Å². The molecule has 2 rings (SSSR count). The molecule has 1 fully saturated rings. The van der Waals surface area contributed by atoms with Crippen LogP contribution in [0.25, 0.3) is 0 Å². The molecule has 140 valence electrons. The zero-order valence-corrected chi connectivity index (χ0v) is 14.1. The smallest absolute Gasteiger partial charge is 0.479 e. The quantitative estimate of drug-likeness (QED) is 0.605. The number of carboxylic acids is 1. The Labute approximate surface area is 143 Å². The largest absolute Gasteiger partial charge is 0.523 e. The summed E-state index contributed by atoms with van der Waals surface area (Å²) >= 11 is 0. The lowest BCUT2D eigenvalue weighted by molar-refractivity contribution is -0.149. The van der Waals surface area contributed by atoms with Crippen LogP contribution >= 0.6 is 0 Å². The minimum absolute atomic E-state index is 0.0696. The Morgan fingerprint density at radius 3 is 2.44 bits per heavy atom. The maximum atomic E-state index is 12.5. The Balaban J connectivity index is 2.09. The van der Waals surface area contributed by atoms with E-state index in [2.05, 4.69) is 4.18 Å². The molecular weight excluding hydrogens is 361 g/mol. The Hall–Kier alpha value is -1.61. The number of carboxylic acid groups (broad SMARTS) is 1. The molecule has 0 saturated heterocycles. The van der Waals surface area contributed by atoms with Crippen LogP contribution in [0.5, 0.6) is 0 Å². The zero-order chi connectivity index (χ0) is 18.7. The zero-order valence-electron chi connectivity index (χ0n) is 13.3. The van der Waals surface area contributed by atoms with Crippen LogP contribution in [0.2, 0.25) is 0 Å². The van der Waals surface area contributed by atoms with Gasteiger partial charge in [0.05, 0.1) is 0 Å². The second-order valence-electron chi connectivity index (χ2n) is 6.24. The molecular formula is C16H19F3O5S. The van der Waals surface area contributed by atoms with Crippen LogP contribution in [0.3, 0.4) is 0 Å². The molecule has 0 heterocycles. The van der Waals surface area contributed by atoms with E-state index in [1.165, 1.54) is 0 Å². The lowest BCUT2D eigenvalue weighted by Crippen LogP contribution is -2.40. The SMILES string of the molecule is O=C(O)C(OS(=O)(=O)C(F)(F)F)C1CCCC(Cc2ccccc2)C1. The first-order chi connectivity index (χ1) is 11.6. The minimum atomic E-state index is -5.95. The first kappa shape index (κ1) is 19.7. The monoisotopic (exact) mass is 380 g/mol. The lowest BCUT2D eigenvalue weighted by atomic mass is 9.76. The molecule has 1 aliphatic carbocycles. The third-order valence-corrected chi connectivity index (χ3v) is 5.40. The number of rotatable bonds is 6. The molecule has 0 spiro atoms. The topological polar surface area (TPSA) is 80.7 Å². The fourth-order valence-electron chi connectivity index (χ4n) is 3.25. The molecule has 1 saturated carbocycles. The van der Waals surface area contributed by atoms with Crippen molar-refractivity contribution in [2.45, 2.75) is 43.7 Å². The van der Waals surface area contributed by atoms with Crippen molar-refractivity contribution in [3.63, 3.8) is 0 Å². The fourth-order valence-corrected chi connectivity index (χ4v) is 3.87. The van der Waals surface area contributed by atoms with Crippen molar-refractivity contribution >= 4 is 16.1 Å². The average Bonchev–Trinajstić information content (AvgIpc) is 2.52. The Bertz CT molecular complexity index is 687. The van der Waals surface area contributed by atoms with E-state index in [-0.39, 0.29) is 5.92 Å². The summed E-state index contributed by atoms with van der Waals surface area (Å²) in [6.07, 6.45) is 0.681. The third-order valence-electron chi connectivity index (χ3n) is 4.38. The van der Waals surface area contributed by atoms with E-state index in [1.54, 1.807) is 0 Å². The second-order valence-corrected chi connectivity index (χ2v) is 7.80. The van der Waals surface area contributed by atoms with Gasteiger partial charge in [0.2, 0.25) is 0 Å². The molecule has 0 radical (unpaired) electrons. The average molecular weight is 380 g/mol. The van der Waals surface area contributed by atoms with Gasteiger partial charge in [0, 0.05) is 0 Å². The highest BCUT2D eigenvalue weighted by atomic mass is 32.2. The minimum Gasteiger partial charge on any atom is -0.479 e. The van der Waals surface area contributed by atoms with Crippen molar-refractivity contribution in [1.82, 2.24) is 0 Å². The van der Waals surface area contributed by atoms with Crippen LogP contribution in [0.15, 0.2) is 30.3 Å². The molecule has 3 atom stereocenters. The van der Waals surface area contributed by atoms with Gasteiger partial charge in [-0.15, -0.1) is 0 Å². The van der Waals surface area contributed by atoms with Crippen LogP contribution in [0.4, 0.5) is 13.2 Å². The highest BCUT2D eigenvalue weighted by Gasteiger charge is 2.51. The van der Waals surface area contributed by atoms with E-state index < -0.39 is 33.6 Å². The molecule has 9 heteroatoms. The summed E-state index contributed by atoms with van der Waals surface area (Å²) in [6, 6.07) is 9.44. The highest BCUT2D eigenvalue weighted by molar-refractivity contribution is 7.87. The summed E-state index contributed by atoms with van der Waals surface area (Å²) in [5.41, 5.74) is -4.59. The summed E-state index contributed by atoms with van der Waals surface area (Å²) < 4.78 is 63.8. The molecule has 1 aromatic carbocycles.